The molecule has 7 atom stereocenters. The first-order chi connectivity index (χ1) is 16.8. The Bertz CT molecular complexity index is 857. The van der Waals surface area contributed by atoms with Crippen molar-refractivity contribution >= 4 is 11.8 Å². The molecule has 8 fully saturated rings. The molecule has 0 aromatic rings. The molecule has 194 valence electrons. The summed E-state index contributed by atoms with van der Waals surface area (Å²) in [5, 5.41) is 6.95. The normalized spacial score (nSPS) is 53.9. The number of rotatable bonds is 4. The fourth-order valence-electron chi connectivity index (χ4n) is 12.0. The van der Waals surface area contributed by atoms with Crippen molar-refractivity contribution in [2.24, 2.45) is 58.2 Å². The fourth-order valence-corrected chi connectivity index (χ4v) is 12.0. The Balaban J connectivity index is 0.979. The summed E-state index contributed by atoms with van der Waals surface area (Å²) in [6.07, 6.45) is 18.5. The number of fused-ring (bicyclic) bond motifs is 5. The Morgan fingerprint density at radius 1 is 0.886 bits per heavy atom. The van der Waals surface area contributed by atoms with E-state index in [0.717, 1.165) is 67.1 Å². The zero-order valence-corrected chi connectivity index (χ0v) is 22.2. The molecule has 4 heteroatoms. The molecule has 8 rings (SSSR count). The quantitative estimate of drug-likeness (QED) is 0.531. The van der Waals surface area contributed by atoms with E-state index in [2.05, 4.69) is 24.5 Å². The van der Waals surface area contributed by atoms with Crippen LogP contribution in [0, 0.1) is 58.2 Å². The van der Waals surface area contributed by atoms with E-state index in [1.165, 1.54) is 70.6 Å². The number of hydrogen-bond donors (Lipinski definition) is 2. The van der Waals surface area contributed by atoms with Crippen molar-refractivity contribution < 1.29 is 9.59 Å². The molecule has 7 saturated carbocycles. The number of nitrogens with one attached hydrogen (secondary N) is 2. The SMILES string of the molecule is C[C@]12CCC(=O)N[C@@H]1CC[C@@H]1[C@@H]2CC[C@]2(C)[C@@H](CCC(=O)NC3C4CC5CC(C4)CC3C5)CC[C@@H]12. The summed E-state index contributed by atoms with van der Waals surface area (Å²) < 4.78 is 0. The number of carbonyl (C=O) groups is 2. The maximum atomic E-state index is 13.2. The predicted molar refractivity (Wildman–Crippen MR) is 137 cm³/mol. The maximum absolute atomic E-state index is 13.2. The summed E-state index contributed by atoms with van der Waals surface area (Å²) in [5.74, 6) is 7.28. The van der Waals surface area contributed by atoms with Gasteiger partial charge in [0.05, 0.1) is 0 Å². The van der Waals surface area contributed by atoms with E-state index >= 15 is 0 Å². The standard InChI is InChI=1S/C31H48N2O2/c1-30-11-9-25-23(5-7-26-31(25,2)12-10-28(35)32-26)24(30)6-3-22(30)4-8-27(34)33-29-20-14-18-13-19(16-20)17-21(29)15-18/h18-26,29H,3-17H2,1-2H3,(H,32,35)(H,33,34)/t18?,19?,20?,21?,22-,23+,24+,25+,26-,29?,30-,31-/m1/s1. The van der Waals surface area contributed by atoms with Gasteiger partial charge in [-0.05, 0) is 142 Å². The lowest BCUT2D eigenvalue weighted by Crippen LogP contribution is -2.61. The minimum absolute atomic E-state index is 0.277. The van der Waals surface area contributed by atoms with Crippen LogP contribution < -0.4 is 10.6 Å². The summed E-state index contributed by atoms with van der Waals surface area (Å²) in [5.41, 5.74) is 0.722. The van der Waals surface area contributed by atoms with E-state index in [1.54, 1.807) is 0 Å². The Hall–Kier alpha value is -1.06. The highest BCUT2D eigenvalue weighted by Crippen LogP contribution is 2.66. The highest BCUT2D eigenvalue weighted by atomic mass is 16.2. The number of carbonyl (C=O) groups excluding carboxylic acids is 2. The second kappa shape index (κ2) is 8.22. The fraction of sp³-hybridized carbons (Fsp3) is 0.935. The Labute approximate surface area is 212 Å². The van der Waals surface area contributed by atoms with Gasteiger partial charge in [0.25, 0.3) is 0 Å². The highest BCUT2D eigenvalue weighted by Gasteiger charge is 2.60. The summed E-state index contributed by atoms with van der Waals surface area (Å²) in [4.78, 5) is 25.2. The van der Waals surface area contributed by atoms with Crippen LogP contribution in [-0.4, -0.2) is 23.9 Å². The van der Waals surface area contributed by atoms with Crippen LogP contribution in [-0.2, 0) is 9.59 Å². The first-order valence-corrected chi connectivity index (χ1v) is 15.4. The van der Waals surface area contributed by atoms with E-state index in [-0.39, 0.29) is 5.91 Å². The lowest BCUT2D eigenvalue weighted by Gasteiger charge is -2.60. The van der Waals surface area contributed by atoms with Crippen LogP contribution in [0.4, 0.5) is 0 Å². The van der Waals surface area contributed by atoms with Gasteiger partial charge >= 0.3 is 0 Å². The third-order valence-electron chi connectivity index (χ3n) is 13.6. The molecule has 0 unspecified atom stereocenters. The van der Waals surface area contributed by atoms with Crippen molar-refractivity contribution in [2.45, 2.75) is 122 Å². The van der Waals surface area contributed by atoms with Gasteiger partial charge < -0.3 is 10.6 Å². The van der Waals surface area contributed by atoms with Crippen molar-refractivity contribution in [1.29, 1.82) is 0 Å². The molecular formula is C31H48N2O2. The Kier molecular flexibility index (Phi) is 5.42. The van der Waals surface area contributed by atoms with Crippen molar-refractivity contribution in [1.82, 2.24) is 10.6 Å². The third kappa shape index (κ3) is 3.57. The van der Waals surface area contributed by atoms with Gasteiger partial charge in [-0.1, -0.05) is 13.8 Å². The number of amides is 2. The molecule has 0 spiro atoms. The van der Waals surface area contributed by atoms with Crippen molar-refractivity contribution in [2.75, 3.05) is 0 Å². The van der Waals surface area contributed by atoms with Gasteiger partial charge in [-0.3, -0.25) is 9.59 Å². The summed E-state index contributed by atoms with van der Waals surface area (Å²) in [6, 6.07) is 0.894. The zero-order valence-electron chi connectivity index (χ0n) is 22.2. The van der Waals surface area contributed by atoms with Crippen LogP contribution in [0.25, 0.3) is 0 Å². The third-order valence-corrected chi connectivity index (χ3v) is 13.6. The van der Waals surface area contributed by atoms with E-state index in [0.29, 0.717) is 34.7 Å². The molecule has 4 bridgehead atoms. The minimum Gasteiger partial charge on any atom is -0.353 e. The van der Waals surface area contributed by atoms with Gasteiger partial charge in [-0.25, -0.2) is 0 Å². The molecule has 2 N–H and O–H groups in total. The Morgan fingerprint density at radius 3 is 2.34 bits per heavy atom. The second-order valence-electron chi connectivity index (χ2n) is 15.0. The lowest BCUT2D eigenvalue weighted by atomic mass is 9.47. The van der Waals surface area contributed by atoms with Crippen molar-refractivity contribution in [3.05, 3.63) is 0 Å². The largest absolute Gasteiger partial charge is 0.353 e. The van der Waals surface area contributed by atoms with E-state index in [1.807, 2.05) is 0 Å². The smallest absolute Gasteiger partial charge is 0.220 e. The first-order valence-electron chi connectivity index (χ1n) is 15.4. The summed E-state index contributed by atoms with van der Waals surface area (Å²) in [7, 11) is 0. The zero-order chi connectivity index (χ0) is 23.9. The minimum atomic E-state index is 0.277. The van der Waals surface area contributed by atoms with Crippen LogP contribution in [0.2, 0.25) is 0 Å². The van der Waals surface area contributed by atoms with Gasteiger partial charge in [0.15, 0.2) is 0 Å². The van der Waals surface area contributed by atoms with Crippen LogP contribution in [0.3, 0.4) is 0 Å². The molecule has 0 radical (unpaired) electrons. The molecule has 7 aliphatic carbocycles. The average Bonchev–Trinajstić information content (AvgIpc) is 3.16. The molecular weight excluding hydrogens is 432 g/mol. The molecule has 1 heterocycles. The highest BCUT2D eigenvalue weighted by molar-refractivity contribution is 5.77. The average molecular weight is 481 g/mol. The van der Waals surface area contributed by atoms with Gasteiger partial charge in [0, 0.05) is 24.9 Å². The van der Waals surface area contributed by atoms with Gasteiger partial charge in [0.1, 0.15) is 0 Å². The van der Waals surface area contributed by atoms with Gasteiger partial charge in [0.2, 0.25) is 11.8 Å². The number of hydrogen-bond acceptors (Lipinski definition) is 2. The molecule has 8 aliphatic rings. The molecule has 35 heavy (non-hydrogen) atoms. The molecule has 1 saturated heterocycles. The predicted octanol–water partition coefficient (Wildman–Crippen LogP) is 5.84. The van der Waals surface area contributed by atoms with E-state index < -0.39 is 0 Å². The second-order valence-corrected chi connectivity index (χ2v) is 15.0. The molecule has 1 aliphatic heterocycles. The van der Waals surface area contributed by atoms with Crippen LogP contribution in [0.15, 0.2) is 0 Å². The summed E-state index contributed by atoms with van der Waals surface area (Å²) in [6.45, 7) is 5.09. The van der Waals surface area contributed by atoms with Crippen LogP contribution >= 0.6 is 0 Å². The maximum Gasteiger partial charge on any atom is 0.220 e. The van der Waals surface area contributed by atoms with Crippen LogP contribution in [0.1, 0.15) is 110 Å². The van der Waals surface area contributed by atoms with E-state index in [4.69, 9.17) is 0 Å². The number of piperidine rings is 1. The lowest BCUT2D eigenvalue weighted by molar-refractivity contribution is -0.137. The monoisotopic (exact) mass is 480 g/mol. The molecule has 0 aromatic heterocycles. The van der Waals surface area contributed by atoms with E-state index in [9.17, 15) is 9.59 Å². The molecule has 2 amide bonds. The van der Waals surface area contributed by atoms with Crippen molar-refractivity contribution in [3.8, 4) is 0 Å². The van der Waals surface area contributed by atoms with Gasteiger partial charge in [-0.2, -0.15) is 0 Å². The Morgan fingerprint density at radius 2 is 1.60 bits per heavy atom. The van der Waals surface area contributed by atoms with Crippen LogP contribution in [0.5, 0.6) is 0 Å². The van der Waals surface area contributed by atoms with Crippen molar-refractivity contribution in [3.63, 3.8) is 0 Å². The molecule has 4 nitrogen and oxygen atoms in total. The summed E-state index contributed by atoms with van der Waals surface area (Å²) >= 11 is 0. The topological polar surface area (TPSA) is 58.2 Å². The molecule has 0 aromatic carbocycles. The van der Waals surface area contributed by atoms with Gasteiger partial charge in [-0.15, -0.1) is 0 Å². The first kappa shape index (κ1) is 23.1.